The van der Waals surface area contributed by atoms with Gasteiger partial charge in [0.15, 0.2) is 0 Å². The van der Waals surface area contributed by atoms with Crippen molar-refractivity contribution in [3.63, 3.8) is 0 Å². The van der Waals surface area contributed by atoms with E-state index in [0.717, 1.165) is 12.0 Å². The molecule has 1 aliphatic rings. The number of aliphatic hydroxyl groups is 1. The van der Waals surface area contributed by atoms with E-state index in [-0.39, 0.29) is 30.4 Å². The maximum absolute atomic E-state index is 13.7. The predicted octanol–water partition coefficient (Wildman–Crippen LogP) is 2.58. The van der Waals surface area contributed by atoms with Crippen LogP contribution in [0.25, 0.3) is 0 Å². The SMILES string of the molecule is O=C(NCC(O)Cc1ccccc1)NC1CC1c1ccccc1F. The van der Waals surface area contributed by atoms with Crippen molar-refractivity contribution in [2.24, 2.45) is 0 Å². The topological polar surface area (TPSA) is 61.4 Å². The first-order chi connectivity index (χ1) is 11.6. The summed E-state index contributed by atoms with van der Waals surface area (Å²) in [4.78, 5) is 11.9. The van der Waals surface area contributed by atoms with Crippen molar-refractivity contribution in [1.82, 2.24) is 10.6 Å². The fourth-order valence-electron chi connectivity index (χ4n) is 2.86. The number of hydrogen-bond donors (Lipinski definition) is 3. The molecule has 1 fully saturated rings. The number of carbonyl (C=O) groups is 1. The molecule has 2 amide bonds. The Morgan fingerprint density at radius 3 is 2.62 bits per heavy atom. The Hall–Kier alpha value is -2.40. The number of carbonyl (C=O) groups excluding carboxylic acids is 1. The molecule has 2 aromatic rings. The minimum Gasteiger partial charge on any atom is -0.391 e. The lowest BCUT2D eigenvalue weighted by Gasteiger charge is -2.13. The molecule has 0 saturated heterocycles. The van der Waals surface area contributed by atoms with Crippen LogP contribution in [0.2, 0.25) is 0 Å². The number of rotatable bonds is 6. The summed E-state index contributed by atoms with van der Waals surface area (Å²) in [6.45, 7) is 0.178. The van der Waals surface area contributed by atoms with Gasteiger partial charge in [0.25, 0.3) is 0 Å². The van der Waals surface area contributed by atoms with Gasteiger partial charge in [0, 0.05) is 24.9 Å². The van der Waals surface area contributed by atoms with Crippen molar-refractivity contribution in [2.75, 3.05) is 6.54 Å². The van der Waals surface area contributed by atoms with E-state index in [4.69, 9.17) is 0 Å². The minimum absolute atomic E-state index is 0.0335. The molecule has 0 heterocycles. The van der Waals surface area contributed by atoms with Gasteiger partial charge in [-0.15, -0.1) is 0 Å². The van der Waals surface area contributed by atoms with Gasteiger partial charge in [0.05, 0.1) is 6.10 Å². The Morgan fingerprint density at radius 1 is 1.17 bits per heavy atom. The smallest absolute Gasteiger partial charge is 0.315 e. The average molecular weight is 328 g/mol. The third-order valence-corrected chi connectivity index (χ3v) is 4.22. The Labute approximate surface area is 140 Å². The molecule has 3 atom stereocenters. The van der Waals surface area contributed by atoms with Crippen molar-refractivity contribution < 1.29 is 14.3 Å². The van der Waals surface area contributed by atoms with Crippen LogP contribution >= 0.6 is 0 Å². The number of urea groups is 1. The first-order valence-electron chi connectivity index (χ1n) is 8.14. The number of halogens is 1. The van der Waals surface area contributed by atoms with E-state index in [2.05, 4.69) is 10.6 Å². The molecule has 0 aromatic heterocycles. The van der Waals surface area contributed by atoms with Gasteiger partial charge in [-0.25, -0.2) is 9.18 Å². The summed E-state index contributed by atoms with van der Waals surface area (Å²) in [6, 6.07) is 15.9. The molecule has 4 nitrogen and oxygen atoms in total. The fourth-order valence-corrected chi connectivity index (χ4v) is 2.86. The van der Waals surface area contributed by atoms with Gasteiger partial charge in [0.2, 0.25) is 0 Å². The van der Waals surface area contributed by atoms with Gasteiger partial charge in [-0.2, -0.15) is 0 Å². The van der Waals surface area contributed by atoms with Crippen LogP contribution in [0.4, 0.5) is 9.18 Å². The van der Waals surface area contributed by atoms with E-state index in [1.165, 1.54) is 6.07 Å². The summed E-state index contributed by atoms with van der Waals surface area (Å²) < 4.78 is 13.7. The lowest BCUT2D eigenvalue weighted by molar-refractivity contribution is 0.170. The zero-order valence-electron chi connectivity index (χ0n) is 13.3. The van der Waals surface area contributed by atoms with Gasteiger partial charge in [-0.05, 0) is 23.6 Å². The molecule has 3 unspecified atom stereocenters. The molecule has 1 aliphatic carbocycles. The summed E-state index contributed by atoms with van der Waals surface area (Å²) in [7, 11) is 0. The first kappa shape index (κ1) is 16.5. The van der Waals surface area contributed by atoms with E-state index in [9.17, 15) is 14.3 Å². The molecule has 5 heteroatoms. The van der Waals surface area contributed by atoms with Gasteiger partial charge in [-0.3, -0.25) is 0 Å². The normalized spacial score (nSPS) is 20.2. The van der Waals surface area contributed by atoms with E-state index in [1.807, 2.05) is 30.3 Å². The van der Waals surface area contributed by atoms with E-state index < -0.39 is 6.10 Å². The summed E-state index contributed by atoms with van der Waals surface area (Å²) in [5.41, 5.74) is 1.67. The number of aliphatic hydroxyl groups excluding tert-OH is 1. The van der Waals surface area contributed by atoms with Crippen LogP contribution in [0.1, 0.15) is 23.5 Å². The van der Waals surface area contributed by atoms with Crippen LogP contribution < -0.4 is 10.6 Å². The van der Waals surface area contributed by atoms with Crippen LogP contribution in [-0.4, -0.2) is 29.8 Å². The van der Waals surface area contributed by atoms with Crippen LogP contribution in [0, 0.1) is 5.82 Å². The fraction of sp³-hybridized carbons (Fsp3) is 0.316. The highest BCUT2D eigenvalue weighted by molar-refractivity contribution is 5.75. The highest BCUT2D eigenvalue weighted by Gasteiger charge is 2.40. The van der Waals surface area contributed by atoms with Crippen molar-refractivity contribution in [1.29, 1.82) is 0 Å². The van der Waals surface area contributed by atoms with Crippen LogP contribution in [0.15, 0.2) is 54.6 Å². The molecule has 126 valence electrons. The molecule has 0 radical (unpaired) electrons. The van der Waals surface area contributed by atoms with Crippen LogP contribution in [-0.2, 0) is 6.42 Å². The van der Waals surface area contributed by atoms with E-state index >= 15 is 0 Å². The van der Waals surface area contributed by atoms with Crippen molar-refractivity contribution in [2.45, 2.75) is 30.9 Å². The summed E-state index contributed by atoms with van der Waals surface area (Å²) in [6.07, 6.45) is 0.586. The van der Waals surface area contributed by atoms with Crippen LogP contribution in [0.3, 0.4) is 0 Å². The molecule has 1 saturated carbocycles. The van der Waals surface area contributed by atoms with Gasteiger partial charge >= 0.3 is 6.03 Å². The number of amides is 2. The molecule has 3 rings (SSSR count). The van der Waals surface area contributed by atoms with Gasteiger partial charge in [0.1, 0.15) is 5.82 Å². The number of benzene rings is 2. The molecule has 3 N–H and O–H groups in total. The Morgan fingerprint density at radius 2 is 1.88 bits per heavy atom. The molecule has 2 aromatic carbocycles. The largest absolute Gasteiger partial charge is 0.391 e. The van der Waals surface area contributed by atoms with E-state index in [1.54, 1.807) is 18.2 Å². The minimum atomic E-state index is -0.639. The number of nitrogens with one attached hydrogen (secondary N) is 2. The predicted molar refractivity (Wildman–Crippen MR) is 90.2 cm³/mol. The maximum atomic E-state index is 13.7. The quantitative estimate of drug-likeness (QED) is 0.763. The summed E-state index contributed by atoms with van der Waals surface area (Å²) in [5, 5.41) is 15.5. The van der Waals surface area contributed by atoms with E-state index in [0.29, 0.717) is 12.0 Å². The van der Waals surface area contributed by atoms with Crippen molar-refractivity contribution in [3.05, 3.63) is 71.5 Å². The molecule has 0 spiro atoms. The standard InChI is InChI=1S/C19H21FN2O2/c20-17-9-5-4-8-15(17)16-11-18(16)22-19(24)21-12-14(23)10-13-6-2-1-3-7-13/h1-9,14,16,18,23H,10-12H2,(H2,21,22,24). The second kappa shape index (κ2) is 7.45. The van der Waals surface area contributed by atoms with Crippen molar-refractivity contribution in [3.8, 4) is 0 Å². The summed E-state index contributed by atoms with van der Waals surface area (Å²) in [5.74, 6) is -0.198. The zero-order chi connectivity index (χ0) is 16.9. The lowest BCUT2D eigenvalue weighted by atomic mass is 10.1. The third-order valence-electron chi connectivity index (χ3n) is 4.22. The summed E-state index contributed by atoms with van der Waals surface area (Å²) >= 11 is 0. The highest BCUT2D eigenvalue weighted by Crippen LogP contribution is 2.41. The van der Waals surface area contributed by atoms with Crippen molar-refractivity contribution >= 4 is 6.03 Å². The molecule has 24 heavy (non-hydrogen) atoms. The van der Waals surface area contributed by atoms with Gasteiger partial charge in [-0.1, -0.05) is 48.5 Å². The maximum Gasteiger partial charge on any atom is 0.315 e. The third kappa shape index (κ3) is 4.32. The molecular weight excluding hydrogens is 307 g/mol. The monoisotopic (exact) mass is 328 g/mol. The second-order valence-corrected chi connectivity index (χ2v) is 6.17. The van der Waals surface area contributed by atoms with Crippen LogP contribution in [0.5, 0.6) is 0 Å². The Balaban J connectivity index is 1.40. The lowest BCUT2D eigenvalue weighted by Crippen LogP contribution is -2.41. The molecule has 0 aliphatic heterocycles. The highest BCUT2D eigenvalue weighted by atomic mass is 19.1. The molecule has 0 bridgehead atoms. The molecular formula is C19H21FN2O2. The zero-order valence-corrected chi connectivity index (χ0v) is 13.3. The second-order valence-electron chi connectivity index (χ2n) is 6.17. The Kier molecular flexibility index (Phi) is 5.11. The Bertz CT molecular complexity index is 693. The van der Waals surface area contributed by atoms with Gasteiger partial charge < -0.3 is 15.7 Å². The first-order valence-corrected chi connectivity index (χ1v) is 8.14. The average Bonchev–Trinajstić information content (AvgIpc) is 3.33. The number of hydrogen-bond acceptors (Lipinski definition) is 2.